The Bertz CT molecular complexity index is 474. The molecular formula is C15H21N3O2S. The molecule has 2 N–H and O–H groups in total. The minimum Gasteiger partial charge on any atom is -0.383 e. The summed E-state index contributed by atoms with van der Waals surface area (Å²) in [6.45, 7) is 2.71. The lowest BCUT2D eigenvalue weighted by Crippen LogP contribution is -2.25. The van der Waals surface area contributed by atoms with Gasteiger partial charge < -0.3 is 15.4 Å². The average Bonchev–Trinajstić information content (AvgIpc) is 2.50. The van der Waals surface area contributed by atoms with Crippen LogP contribution in [0.3, 0.4) is 0 Å². The van der Waals surface area contributed by atoms with Crippen LogP contribution in [-0.2, 0) is 16.1 Å². The van der Waals surface area contributed by atoms with Gasteiger partial charge in [0.2, 0.25) is 5.91 Å². The molecule has 0 aliphatic heterocycles. The zero-order valence-electron chi connectivity index (χ0n) is 12.2. The normalized spacial score (nSPS) is 10.1. The molecular weight excluding hydrogens is 286 g/mol. The van der Waals surface area contributed by atoms with Crippen molar-refractivity contribution in [3.8, 4) is 6.07 Å². The van der Waals surface area contributed by atoms with Crippen molar-refractivity contribution in [2.45, 2.75) is 17.9 Å². The number of ether oxygens (including phenoxy) is 1. The summed E-state index contributed by atoms with van der Waals surface area (Å²) in [4.78, 5) is 12.6. The lowest BCUT2D eigenvalue weighted by molar-refractivity contribution is -0.118. The Morgan fingerprint density at radius 1 is 1.43 bits per heavy atom. The second-order valence-corrected chi connectivity index (χ2v) is 5.41. The van der Waals surface area contributed by atoms with Gasteiger partial charge in [-0.2, -0.15) is 5.26 Å². The summed E-state index contributed by atoms with van der Waals surface area (Å²) >= 11 is 1.50. The summed E-state index contributed by atoms with van der Waals surface area (Å²) in [5.74, 6) is 0.324. The Kier molecular flexibility index (Phi) is 9.29. The monoisotopic (exact) mass is 307 g/mol. The first-order valence-electron chi connectivity index (χ1n) is 6.81. The predicted octanol–water partition coefficient (Wildman–Crippen LogP) is 1.54. The molecule has 0 saturated carbocycles. The van der Waals surface area contributed by atoms with Crippen LogP contribution in [0.1, 0.15) is 12.0 Å². The van der Waals surface area contributed by atoms with Gasteiger partial charge in [-0.05, 0) is 17.7 Å². The van der Waals surface area contributed by atoms with Crippen molar-refractivity contribution < 1.29 is 9.53 Å². The molecule has 1 aromatic carbocycles. The molecule has 1 aromatic rings. The SMILES string of the molecule is COCCNCc1cccc(SCC(=O)NCCC#N)c1. The summed E-state index contributed by atoms with van der Waals surface area (Å²) < 4.78 is 4.98. The van der Waals surface area contributed by atoms with E-state index in [9.17, 15) is 4.79 Å². The van der Waals surface area contributed by atoms with Crippen molar-refractivity contribution in [3.05, 3.63) is 29.8 Å². The molecule has 0 aromatic heterocycles. The summed E-state index contributed by atoms with van der Waals surface area (Å²) in [5.41, 5.74) is 1.18. The molecule has 6 heteroatoms. The van der Waals surface area contributed by atoms with Gasteiger partial charge in [0.15, 0.2) is 0 Å². The zero-order chi connectivity index (χ0) is 15.3. The van der Waals surface area contributed by atoms with E-state index in [1.165, 1.54) is 17.3 Å². The number of rotatable bonds is 10. The third kappa shape index (κ3) is 8.35. The quantitative estimate of drug-likeness (QED) is 0.507. The third-order valence-corrected chi connectivity index (χ3v) is 3.63. The maximum absolute atomic E-state index is 11.6. The number of methoxy groups -OCH3 is 1. The molecule has 0 saturated heterocycles. The molecule has 0 aliphatic rings. The Balaban J connectivity index is 2.31. The largest absolute Gasteiger partial charge is 0.383 e. The van der Waals surface area contributed by atoms with Crippen molar-refractivity contribution in [1.82, 2.24) is 10.6 Å². The number of nitrogens with zero attached hydrogens (tertiary/aromatic N) is 1. The smallest absolute Gasteiger partial charge is 0.230 e. The number of carbonyl (C=O) groups excluding carboxylic acids is 1. The van der Waals surface area contributed by atoms with Crippen molar-refractivity contribution in [3.63, 3.8) is 0 Å². The van der Waals surface area contributed by atoms with Crippen molar-refractivity contribution in [2.24, 2.45) is 0 Å². The van der Waals surface area contributed by atoms with Gasteiger partial charge in [0, 0.05) is 31.6 Å². The highest BCUT2D eigenvalue weighted by Gasteiger charge is 2.03. The average molecular weight is 307 g/mol. The van der Waals surface area contributed by atoms with E-state index < -0.39 is 0 Å². The number of nitriles is 1. The van der Waals surface area contributed by atoms with Crippen LogP contribution in [0.4, 0.5) is 0 Å². The van der Waals surface area contributed by atoms with Gasteiger partial charge in [0.1, 0.15) is 0 Å². The third-order valence-electron chi connectivity index (χ3n) is 2.64. The van der Waals surface area contributed by atoms with Gasteiger partial charge in [-0.3, -0.25) is 4.79 Å². The fourth-order valence-electron chi connectivity index (χ4n) is 1.61. The summed E-state index contributed by atoms with van der Waals surface area (Å²) in [5, 5.41) is 14.4. The van der Waals surface area contributed by atoms with Gasteiger partial charge in [-0.25, -0.2) is 0 Å². The van der Waals surface area contributed by atoms with Crippen molar-refractivity contribution >= 4 is 17.7 Å². The van der Waals surface area contributed by atoms with Crippen LogP contribution in [0.5, 0.6) is 0 Å². The zero-order valence-corrected chi connectivity index (χ0v) is 13.0. The van der Waals surface area contributed by atoms with E-state index in [1.807, 2.05) is 18.2 Å². The van der Waals surface area contributed by atoms with E-state index in [0.717, 1.165) is 18.0 Å². The van der Waals surface area contributed by atoms with Gasteiger partial charge >= 0.3 is 0 Å². The first-order valence-corrected chi connectivity index (χ1v) is 7.80. The number of carbonyl (C=O) groups is 1. The van der Waals surface area contributed by atoms with E-state index in [4.69, 9.17) is 10.00 Å². The Morgan fingerprint density at radius 2 is 2.29 bits per heavy atom. The molecule has 1 rings (SSSR count). The van der Waals surface area contributed by atoms with Crippen molar-refractivity contribution in [2.75, 3.05) is 32.6 Å². The number of hydrogen-bond acceptors (Lipinski definition) is 5. The summed E-state index contributed by atoms with van der Waals surface area (Å²) in [7, 11) is 1.68. The van der Waals surface area contributed by atoms with E-state index in [0.29, 0.717) is 25.3 Å². The maximum Gasteiger partial charge on any atom is 0.230 e. The van der Waals surface area contributed by atoms with Crippen LogP contribution in [-0.4, -0.2) is 38.5 Å². The Morgan fingerprint density at radius 3 is 3.05 bits per heavy atom. The number of amides is 1. The van der Waals surface area contributed by atoms with Gasteiger partial charge in [-0.15, -0.1) is 11.8 Å². The molecule has 0 spiro atoms. The topological polar surface area (TPSA) is 74.2 Å². The second kappa shape index (κ2) is 11.1. The highest BCUT2D eigenvalue weighted by Crippen LogP contribution is 2.18. The van der Waals surface area contributed by atoms with E-state index >= 15 is 0 Å². The van der Waals surface area contributed by atoms with Crippen LogP contribution < -0.4 is 10.6 Å². The molecule has 114 valence electrons. The van der Waals surface area contributed by atoms with Crippen LogP contribution in [0.15, 0.2) is 29.2 Å². The summed E-state index contributed by atoms with van der Waals surface area (Å²) in [6.07, 6.45) is 0.346. The summed E-state index contributed by atoms with van der Waals surface area (Å²) in [6, 6.07) is 10.1. The molecule has 1 amide bonds. The van der Waals surface area contributed by atoms with Crippen LogP contribution in [0, 0.1) is 11.3 Å². The fraction of sp³-hybridized carbons (Fsp3) is 0.467. The van der Waals surface area contributed by atoms with Crippen LogP contribution in [0.25, 0.3) is 0 Å². The second-order valence-electron chi connectivity index (χ2n) is 4.36. The van der Waals surface area contributed by atoms with E-state index in [-0.39, 0.29) is 5.91 Å². The molecule has 0 fully saturated rings. The Labute approximate surface area is 130 Å². The maximum atomic E-state index is 11.6. The minimum atomic E-state index is -0.0427. The van der Waals surface area contributed by atoms with Gasteiger partial charge in [0.05, 0.1) is 24.8 Å². The van der Waals surface area contributed by atoms with Gasteiger partial charge in [-0.1, -0.05) is 12.1 Å². The molecule has 5 nitrogen and oxygen atoms in total. The molecule has 0 heterocycles. The number of hydrogen-bond donors (Lipinski definition) is 2. The van der Waals surface area contributed by atoms with Gasteiger partial charge in [0.25, 0.3) is 0 Å². The fourth-order valence-corrected chi connectivity index (χ4v) is 2.42. The molecule has 21 heavy (non-hydrogen) atoms. The first-order chi connectivity index (χ1) is 10.3. The van der Waals surface area contributed by atoms with Crippen molar-refractivity contribution in [1.29, 1.82) is 5.26 Å². The highest BCUT2D eigenvalue weighted by molar-refractivity contribution is 8.00. The lowest BCUT2D eigenvalue weighted by Gasteiger charge is -2.07. The standard InChI is InChI=1S/C15H21N3O2S/c1-20-9-8-17-11-13-4-2-5-14(10-13)21-12-15(19)18-7-3-6-16/h2,4-5,10,17H,3,7-9,11-12H2,1H3,(H,18,19). The number of thioether (sulfide) groups is 1. The Hall–Kier alpha value is -1.55. The molecule has 0 aliphatic carbocycles. The lowest BCUT2D eigenvalue weighted by atomic mass is 10.2. The van der Waals surface area contributed by atoms with E-state index in [2.05, 4.69) is 22.8 Å². The number of nitrogens with one attached hydrogen (secondary N) is 2. The molecule has 0 atom stereocenters. The van der Waals surface area contributed by atoms with Crippen LogP contribution >= 0.6 is 11.8 Å². The molecule has 0 radical (unpaired) electrons. The molecule has 0 unspecified atom stereocenters. The molecule has 0 bridgehead atoms. The minimum absolute atomic E-state index is 0.0427. The number of benzene rings is 1. The van der Waals surface area contributed by atoms with E-state index in [1.54, 1.807) is 7.11 Å². The predicted molar refractivity (Wildman–Crippen MR) is 84.0 cm³/mol. The first kappa shape index (κ1) is 17.5. The highest BCUT2D eigenvalue weighted by atomic mass is 32.2. The van der Waals surface area contributed by atoms with Crippen LogP contribution in [0.2, 0.25) is 0 Å².